The van der Waals surface area contributed by atoms with Gasteiger partial charge in [-0.25, -0.2) is 4.79 Å². The number of hydrogen-bond donors (Lipinski definition) is 1. The van der Waals surface area contributed by atoms with Gasteiger partial charge in [-0.1, -0.05) is 6.07 Å². The largest absolute Gasteiger partial charge is 0.422 e. The quantitative estimate of drug-likeness (QED) is 0.863. The summed E-state index contributed by atoms with van der Waals surface area (Å²) in [5.41, 5.74) is 3.42. The van der Waals surface area contributed by atoms with Crippen LogP contribution in [0.4, 0.5) is 0 Å². The number of aryl methyl sites for hydroxylation is 2. The van der Waals surface area contributed by atoms with Crippen molar-refractivity contribution in [3.05, 3.63) is 45.3 Å². The normalized spacial score (nSPS) is 19.6. The summed E-state index contributed by atoms with van der Waals surface area (Å²) < 4.78 is 5.41. The zero-order valence-electron chi connectivity index (χ0n) is 13.8. The van der Waals surface area contributed by atoms with Crippen molar-refractivity contribution in [3.63, 3.8) is 0 Å². The molecule has 1 N–H and O–H groups in total. The highest BCUT2D eigenvalue weighted by atomic mass is 16.4. The highest BCUT2D eigenvalue weighted by Crippen LogP contribution is 2.24. The number of benzene rings is 1. The molecule has 5 nitrogen and oxygen atoms in total. The summed E-state index contributed by atoms with van der Waals surface area (Å²) in [7, 11) is 0. The molecule has 5 heteroatoms. The maximum atomic E-state index is 11.9. The average Bonchev–Trinajstić information content (AvgIpc) is 2.64. The lowest BCUT2D eigenvalue weighted by molar-refractivity contribution is -0.120. The fraction of sp³-hybridized carbons (Fsp3) is 0.444. The summed E-state index contributed by atoms with van der Waals surface area (Å²) >= 11 is 0. The van der Waals surface area contributed by atoms with Crippen molar-refractivity contribution in [2.45, 2.75) is 39.8 Å². The molecule has 0 saturated carbocycles. The first-order valence-corrected chi connectivity index (χ1v) is 7.99. The molecule has 1 aliphatic heterocycles. The molecule has 1 aromatic heterocycles. The van der Waals surface area contributed by atoms with Crippen LogP contribution in [0.2, 0.25) is 0 Å². The van der Waals surface area contributed by atoms with E-state index in [-0.39, 0.29) is 17.6 Å². The van der Waals surface area contributed by atoms with Gasteiger partial charge in [-0.05, 0) is 43.5 Å². The van der Waals surface area contributed by atoms with Crippen LogP contribution in [0.15, 0.2) is 27.4 Å². The van der Waals surface area contributed by atoms with Gasteiger partial charge < -0.3 is 9.73 Å². The van der Waals surface area contributed by atoms with Crippen molar-refractivity contribution >= 4 is 16.9 Å². The monoisotopic (exact) mass is 314 g/mol. The maximum absolute atomic E-state index is 11.9. The fourth-order valence-corrected chi connectivity index (χ4v) is 3.21. The first-order valence-electron chi connectivity index (χ1n) is 7.99. The van der Waals surface area contributed by atoms with E-state index in [9.17, 15) is 9.59 Å². The molecular weight excluding hydrogens is 292 g/mol. The van der Waals surface area contributed by atoms with Crippen LogP contribution in [0.5, 0.6) is 0 Å². The number of hydrogen-bond acceptors (Lipinski definition) is 4. The van der Waals surface area contributed by atoms with Crippen LogP contribution >= 0.6 is 0 Å². The van der Waals surface area contributed by atoms with E-state index in [4.69, 9.17) is 4.42 Å². The Balaban J connectivity index is 2.02. The van der Waals surface area contributed by atoms with Gasteiger partial charge in [0.15, 0.2) is 0 Å². The molecule has 0 radical (unpaired) electrons. The van der Waals surface area contributed by atoms with Crippen LogP contribution in [-0.4, -0.2) is 29.9 Å². The van der Waals surface area contributed by atoms with Crippen LogP contribution in [0.3, 0.4) is 0 Å². The minimum Gasteiger partial charge on any atom is -0.422 e. The van der Waals surface area contributed by atoms with E-state index in [1.807, 2.05) is 19.9 Å². The average molecular weight is 314 g/mol. The van der Waals surface area contributed by atoms with E-state index in [1.165, 1.54) is 0 Å². The fourth-order valence-electron chi connectivity index (χ4n) is 3.21. The molecule has 1 atom stereocenters. The van der Waals surface area contributed by atoms with Gasteiger partial charge in [-0.15, -0.1) is 0 Å². The lowest BCUT2D eigenvalue weighted by Crippen LogP contribution is -2.37. The third-order valence-corrected chi connectivity index (χ3v) is 4.48. The van der Waals surface area contributed by atoms with Crippen LogP contribution in [0, 0.1) is 13.8 Å². The number of nitrogens with one attached hydrogen (secondary N) is 1. The van der Waals surface area contributed by atoms with Crippen LogP contribution in [0.25, 0.3) is 11.0 Å². The minimum absolute atomic E-state index is 0.0865. The van der Waals surface area contributed by atoms with Crippen molar-refractivity contribution in [2.75, 3.05) is 13.1 Å². The second kappa shape index (κ2) is 6.16. The number of nitrogens with zero attached hydrogens (tertiary/aromatic N) is 1. The highest BCUT2D eigenvalue weighted by molar-refractivity contribution is 5.83. The molecule has 0 spiro atoms. The van der Waals surface area contributed by atoms with Crippen molar-refractivity contribution < 1.29 is 9.21 Å². The molecule has 1 aromatic carbocycles. The smallest absolute Gasteiger partial charge is 0.336 e. The van der Waals surface area contributed by atoms with Gasteiger partial charge in [0, 0.05) is 43.5 Å². The van der Waals surface area contributed by atoms with E-state index in [1.54, 1.807) is 6.07 Å². The minimum atomic E-state index is -0.323. The molecule has 122 valence electrons. The molecule has 0 aliphatic carbocycles. The summed E-state index contributed by atoms with van der Waals surface area (Å²) in [4.78, 5) is 25.8. The standard InChI is InChI=1S/C18H22N2O3/c1-11-6-12(2)18-15(7-11)14(8-17(22)23-18)10-20-5-4-16(21)19-9-13(20)3/h6-8,13H,4-5,9-10H2,1-3H3,(H,19,21). The van der Waals surface area contributed by atoms with Gasteiger partial charge in [0.2, 0.25) is 5.91 Å². The van der Waals surface area contributed by atoms with E-state index in [2.05, 4.69) is 23.2 Å². The Bertz CT molecular complexity index is 810. The molecule has 1 saturated heterocycles. The predicted octanol–water partition coefficient (Wildman–Crippen LogP) is 2.12. The van der Waals surface area contributed by atoms with Gasteiger partial charge in [-0.2, -0.15) is 0 Å². The molecule has 0 bridgehead atoms. The Morgan fingerprint density at radius 1 is 1.26 bits per heavy atom. The van der Waals surface area contributed by atoms with Crippen LogP contribution < -0.4 is 10.9 Å². The third kappa shape index (κ3) is 3.29. The lowest BCUT2D eigenvalue weighted by atomic mass is 10.0. The summed E-state index contributed by atoms with van der Waals surface area (Å²) in [6.07, 6.45) is 0.488. The van der Waals surface area contributed by atoms with E-state index in [0.29, 0.717) is 31.6 Å². The van der Waals surface area contributed by atoms with Crippen molar-refractivity contribution in [1.82, 2.24) is 10.2 Å². The Morgan fingerprint density at radius 2 is 2.04 bits per heavy atom. The second-order valence-electron chi connectivity index (χ2n) is 6.42. The maximum Gasteiger partial charge on any atom is 0.336 e. The van der Waals surface area contributed by atoms with Crippen molar-refractivity contribution in [1.29, 1.82) is 0 Å². The second-order valence-corrected chi connectivity index (χ2v) is 6.42. The van der Waals surface area contributed by atoms with Gasteiger partial charge >= 0.3 is 5.63 Å². The zero-order chi connectivity index (χ0) is 16.6. The molecule has 1 aliphatic rings. The Kier molecular flexibility index (Phi) is 4.22. The number of carbonyl (C=O) groups excluding carboxylic acids is 1. The molecule has 2 aromatic rings. The summed E-state index contributed by atoms with van der Waals surface area (Å²) in [6, 6.07) is 5.89. The van der Waals surface area contributed by atoms with Crippen molar-refractivity contribution in [3.8, 4) is 0 Å². The molecule has 1 amide bonds. The van der Waals surface area contributed by atoms with Crippen LogP contribution in [0.1, 0.15) is 30.0 Å². The van der Waals surface area contributed by atoms with E-state index >= 15 is 0 Å². The predicted molar refractivity (Wildman–Crippen MR) is 89.5 cm³/mol. The molecular formula is C18H22N2O3. The van der Waals surface area contributed by atoms with Gasteiger partial charge in [-0.3, -0.25) is 9.69 Å². The highest BCUT2D eigenvalue weighted by Gasteiger charge is 2.21. The number of fused-ring (bicyclic) bond motifs is 1. The van der Waals surface area contributed by atoms with Gasteiger partial charge in [0.25, 0.3) is 0 Å². The van der Waals surface area contributed by atoms with Crippen molar-refractivity contribution in [2.24, 2.45) is 0 Å². The molecule has 23 heavy (non-hydrogen) atoms. The summed E-state index contributed by atoms with van der Waals surface area (Å²) in [6.45, 7) is 8.06. The molecule has 2 heterocycles. The first-order chi connectivity index (χ1) is 10.9. The first kappa shape index (κ1) is 15.7. The molecule has 1 unspecified atom stereocenters. The topological polar surface area (TPSA) is 62.6 Å². The Hall–Kier alpha value is -2.14. The summed E-state index contributed by atoms with van der Waals surface area (Å²) in [5, 5.41) is 3.90. The SMILES string of the molecule is Cc1cc(C)c2oc(=O)cc(CN3CCC(=O)NCC3C)c2c1. The third-order valence-electron chi connectivity index (χ3n) is 4.48. The van der Waals surface area contributed by atoms with Gasteiger partial charge in [0.05, 0.1) is 0 Å². The lowest BCUT2D eigenvalue weighted by Gasteiger charge is -2.26. The van der Waals surface area contributed by atoms with E-state index < -0.39 is 0 Å². The number of amides is 1. The van der Waals surface area contributed by atoms with Crippen LogP contribution in [-0.2, 0) is 11.3 Å². The zero-order valence-corrected chi connectivity index (χ0v) is 13.8. The molecule has 3 rings (SSSR count). The summed E-state index contributed by atoms with van der Waals surface area (Å²) in [5.74, 6) is 0.0865. The van der Waals surface area contributed by atoms with Gasteiger partial charge in [0.1, 0.15) is 5.58 Å². The number of rotatable bonds is 2. The Labute approximate surface area is 135 Å². The van der Waals surface area contributed by atoms with E-state index in [0.717, 1.165) is 22.1 Å². The Morgan fingerprint density at radius 3 is 2.83 bits per heavy atom. The molecule has 1 fully saturated rings. The number of carbonyl (C=O) groups is 1.